The van der Waals surface area contributed by atoms with E-state index in [1.54, 1.807) is 30.5 Å². The van der Waals surface area contributed by atoms with Gasteiger partial charge in [-0.25, -0.2) is 9.78 Å². The third kappa shape index (κ3) is 7.42. The van der Waals surface area contributed by atoms with E-state index in [1.165, 1.54) is 11.3 Å². The zero-order chi connectivity index (χ0) is 22.3. The van der Waals surface area contributed by atoms with Crippen LogP contribution in [-0.2, 0) is 11.2 Å². The van der Waals surface area contributed by atoms with Crippen molar-refractivity contribution in [1.29, 1.82) is 0 Å². The maximum atomic E-state index is 12.2. The predicted molar refractivity (Wildman–Crippen MR) is 125 cm³/mol. The topological polar surface area (TPSA) is 95.8 Å². The molecule has 0 bridgehead atoms. The lowest BCUT2D eigenvalue weighted by Crippen LogP contribution is -2.41. The molecule has 1 aromatic heterocycles. The highest BCUT2D eigenvalue weighted by Crippen LogP contribution is 2.26. The molecule has 0 fully saturated rings. The van der Waals surface area contributed by atoms with E-state index in [0.717, 1.165) is 16.8 Å². The molecule has 0 radical (unpaired) electrons. The molecule has 1 heterocycles. The highest BCUT2D eigenvalue weighted by atomic mass is 32.1. The number of ether oxygens (including phenoxy) is 1. The van der Waals surface area contributed by atoms with Gasteiger partial charge in [-0.15, -0.1) is 11.3 Å². The first-order chi connectivity index (χ1) is 14.8. The summed E-state index contributed by atoms with van der Waals surface area (Å²) in [6, 6.07) is 16.3. The number of hydrogen-bond donors (Lipinski definition) is 3. The number of alkyl carbamates (subject to hydrolysis) is 1. The van der Waals surface area contributed by atoms with E-state index in [-0.39, 0.29) is 11.8 Å². The molecule has 0 aliphatic rings. The number of phenolic OH excluding ortho intramolecular Hbond substituents is 1. The van der Waals surface area contributed by atoms with Gasteiger partial charge in [0, 0.05) is 17.2 Å². The Bertz CT molecular complexity index is 1010. The lowest BCUT2D eigenvalue weighted by atomic mass is 10.1. The van der Waals surface area contributed by atoms with E-state index < -0.39 is 11.7 Å². The molecule has 2 aromatic carbocycles. The molecule has 3 rings (SSSR count). The molecular weight excluding hydrogens is 412 g/mol. The monoisotopic (exact) mass is 438 g/mol. The number of rotatable bonds is 7. The van der Waals surface area contributed by atoms with Crippen molar-refractivity contribution < 1.29 is 14.6 Å². The van der Waals surface area contributed by atoms with E-state index >= 15 is 0 Å². The van der Waals surface area contributed by atoms with Gasteiger partial charge in [0.25, 0.3) is 0 Å². The minimum absolute atomic E-state index is 0.212. The number of thiazole rings is 1. The third-order valence-corrected chi connectivity index (χ3v) is 4.83. The van der Waals surface area contributed by atoms with Crippen molar-refractivity contribution in [2.45, 2.75) is 38.8 Å². The second-order valence-corrected chi connectivity index (χ2v) is 8.78. The van der Waals surface area contributed by atoms with E-state index in [2.05, 4.69) is 20.8 Å². The van der Waals surface area contributed by atoms with Crippen molar-refractivity contribution in [3.05, 3.63) is 65.5 Å². The van der Waals surface area contributed by atoms with Gasteiger partial charge in [-0.2, -0.15) is 5.10 Å². The molecule has 31 heavy (non-hydrogen) atoms. The fourth-order valence-corrected chi connectivity index (χ4v) is 3.41. The Hall–Kier alpha value is -3.39. The Morgan fingerprint density at radius 2 is 1.90 bits per heavy atom. The second kappa shape index (κ2) is 10.1. The number of amides is 1. The molecule has 0 aliphatic heterocycles. The normalized spacial score (nSPS) is 12.5. The zero-order valence-corrected chi connectivity index (χ0v) is 18.5. The number of nitrogens with zero attached hydrogens (tertiary/aromatic N) is 2. The molecule has 8 heteroatoms. The van der Waals surface area contributed by atoms with E-state index in [0.29, 0.717) is 11.6 Å². The van der Waals surface area contributed by atoms with Crippen LogP contribution < -0.4 is 10.7 Å². The third-order valence-electron chi connectivity index (χ3n) is 4.08. The highest BCUT2D eigenvalue weighted by molar-refractivity contribution is 7.14. The number of aromatic hydroxyl groups is 1. The average Bonchev–Trinajstić information content (AvgIpc) is 3.16. The lowest BCUT2D eigenvalue weighted by Gasteiger charge is -2.22. The first-order valence-electron chi connectivity index (χ1n) is 9.86. The Kier molecular flexibility index (Phi) is 7.25. The number of hydrogen-bond acceptors (Lipinski definition) is 7. The molecule has 0 saturated heterocycles. The van der Waals surface area contributed by atoms with Crippen molar-refractivity contribution in [2.75, 3.05) is 5.43 Å². The van der Waals surface area contributed by atoms with Crippen LogP contribution in [0.1, 0.15) is 26.3 Å². The molecule has 0 saturated carbocycles. The van der Waals surface area contributed by atoms with Crippen molar-refractivity contribution in [3.63, 3.8) is 0 Å². The Balaban J connectivity index is 1.65. The van der Waals surface area contributed by atoms with Crippen molar-refractivity contribution in [3.8, 4) is 17.0 Å². The van der Waals surface area contributed by atoms with Crippen LogP contribution in [0.5, 0.6) is 5.75 Å². The Morgan fingerprint density at radius 1 is 1.19 bits per heavy atom. The van der Waals surface area contributed by atoms with Crippen LogP contribution >= 0.6 is 11.3 Å². The largest absolute Gasteiger partial charge is 0.508 e. The number of anilines is 1. The first kappa shape index (κ1) is 22.3. The summed E-state index contributed by atoms with van der Waals surface area (Å²) in [5.74, 6) is 0.212. The molecule has 1 amide bonds. The van der Waals surface area contributed by atoms with Gasteiger partial charge in [-0.1, -0.05) is 30.3 Å². The van der Waals surface area contributed by atoms with Gasteiger partial charge in [0.2, 0.25) is 5.13 Å². The fourth-order valence-electron chi connectivity index (χ4n) is 2.74. The molecule has 0 aliphatic carbocycles. The average molecular weight is 439 g/mol. The summed E-state index contributed by atoms with van der Waals surface area (Å²) in [6.45, 7) is 5.47. The van der Waals surface area contributed by atoms with Gasteiger partial charge >= 0.3 is 6.09 Å². The van der Waals surface area contributed by atoms with Gasteiger partial charge in [0.05, 0.1) is 11.7 Å². The zero-order valence-electron chi connectivity index (χ0n) is 17.7. The summed E-state index contributed by atoms with van der Waals surface area (Å²) in [5, 5.41) is 19.1. The van der Waals surface area contributed by atoms with Crippen LogP contribution in [0.25, 0.3) is 11.3 Å². The minimum atomic E-state index is -0.581. The molecule has 0 unspecified atom stereocenters. The van der Waals surface area contributed by atoms with Crippen LogP contribution in [0.15, 0.2) is 65.1 Å². The predicted octanol–water partition coefficient (Wildman–Crippen LogP) is 5.05. The van der Waals surface area contributed by atoms with Crippen molar-refractivity contribution >= 4 is 28.8 Å². The lowest BCUT2D eigenvalue weighted by molar-refractivity contribution is 0.0519. The minimum Gasteiger partial charge on any atom is -0.508 e. The number of benzene rings is 2. The molecule has 3 aromatic rings. The van der Waals surface area contributed by atoms with Crippen LogP contribution in [0.4, 0.5) is 9.93 Å². The van der Waals surface area contributed by atoms with Gasteiger partial charge in [0.1, 0.15) is 11.4 Å². The van der Waals surface area contributed by atoms with Gasteiger partial charge < -0.3 is 15.2 Å². The van der Waals surface area contributed by atoms with Gasteiger partial charge in [-0.05, 0) is 57.0 Å². The molecule has 0 spiro atoms. The highest BCUT2D eigenvalue weighted by Gasteiger charge is 2.19. The number of nitrogens with one attached hydrogen (secondary N) is 2. The maximum Gasteiger partial charge on any atom is 0.408 e. The van der Waals surface area contributed by atoms with Crippen LogP contribution in [0.2, 0.25) is 0 Å². The number of phenols is 1. The summed E-state index contributed by atoms with van der Waals surface area (Å²) in [5.41, 5.74) is 5.10. The number of aromatic nitrogens is 1. The van der Waals surface area contributed by atoms with Crippen LogP contribution in [0, 0.1) is 0 Å². The van der Waals surface area contributed by atoms with Crippen molar-refractivity contribution in [1.82, 2.24) is 10.3 Å². The second-order valence-electron chi connectivity index (χ2n) is 7.92. The molecule has 3 N–H and O–H groups in total. The number of carbonyl (C=O) groups is 1. The number of hydrazone groups is 1. The summed E-state index contributed by atoms with van der Waals surface area (Å²) in [7, 11) is 0. The standard InChI is InChI=1S/C23H26N4O3S/c1-23(2,3)30-22(29)25-18(13-16-7-5-4-6-8-16)14-24-27-21-26-20(15-31-21)17-9-11-19(28)12-10-17/h4-12,14-15,18,28H,13H2,1-3H3,(H,25,29)(H,26,27)/b24-14+/t18-/m0/s1. The maximum absolute atomic E-state index is 12.2. The quantitative estimate of drug-likeness (QED) is 0.354. The SMILES string of the molecule is CC(C)(C)OC(=O)N[C@H](/C=N/Nc1nc(-c2ccc(O)cc2)cs1)Cc1ccccc1. The molecular formula is C23H26N4O3S. The van der Waals surface area contributed by atoms with E-state index in [4.69, 9.17) is 4.74 Å². The van der Waals surface area contributed by atoms with Crippen LogP contribution in [0.3, 0.4) is 0 Å². The van der Waals surface area contributed by atoms with Crippen LogP contribution in [-0.4, -0.2) is 34.0 Å². The van der Waals surface area contributed by atoms with E-state index in [9.17, 15) is 9.90 Å². The van der Waals surface area contributed by atoms with Crippen molar-refractivity contribution in [2.24, 2.45) is 5.10 Å². The molecule has 7 nitrogen and oxygen atoms in total. The van der Waals surface area contributed by atoms with Gasteiger partial charge in [0.15, 0.2) is 0 Å². The first-order valence-corrected chi connectivity index (χ1v) is 10.7. The summed E-state index contributed by atoms with van der Waals surface area (Å²) in [6.07, 6.45) is 1.71. The summed E-state index contributed by atoms with van der Waals surface area (Å²) in [4.78, 5) is 16.7. The molecule has 1 atom stereocenters. The van der Waals surface area contributed by atoms with Gasteiger partial charge in [-0.3, -0.25) is 5.43 Å². The summed E-state index contributed by atoms with van der Waals surface area (Å²) >= 11 is 1.42. The Morgan fingerprint density at radius 3 is 2.58 bits per heavy atom. The smallest absolute Gasteiger partial charge is 0.408 e. The fraction of sp³-hybridized carbons (Fsp3) is 0.261. The molecule has 162 valence electrons. The Labute approximate surface area is 185 Å². The summed E-state index contributed by atoms with van der Waals surface area (Å²) < 4.78 is 5.37. The number of carbonyl (C=O) groups excluding carboxylic acids is 1. The van der Waals surface area contributed by atoms with E-state index in [1.807, 2.05) is 56.5 Å².